The van der Waals surface area contributed by atoms with E-state index in [0.717, 1.165) is 13.1 Å². The summed E-state index contributed by atoms with van der Waals surface area (Å²) in [4.78, 5) is 14.9. The standard InChI is InChI=1S/C13H19ClN2OS/c1-10-4-2-3-8-16(10)9-7-15-13(17)11-5-6-12(14)18-11/h5-6,10H,2-4,7-9H2,1H3,(H,15,17)/t10-/m1/s1. The molecule has 2 heterocycles. The van der Waals surface area contributed by atoms with Crippen LogP contribution in [0, 0.1) is 0 Å². The number of piperidine rings is 1. The summed E-state index contributed by atoms with van der Waals surface area (Å²) in [6, 6.07) is 4.17. The van der Waals surface area contributed by atoms with Crippen molar-refractivity contribution in [1.82, 2.24) is 10.2 Å². The molecule has 1 aliphatic heterocycles. The molecule has 1 aromatic heterocycles. The van der Waals surface area contributed by atoms with E-state index in [0.29, 0.717) is 21.8 Å². The van der Waals surface area contributed by atoms with Crippen molar-refractivity contribution in [3.8, 4) is 0 Å². The molecule has 3 nitrogen and oxygen atoms in total. The van der Waals surface area contributed by atoms with Crippen molar-refractivity contribution >= 4 is 28.8 Å². The Balaban J connectivity index is 1.73. The molecule has 0 aromatic carbocycles. The van der Waals surface area contributed by atoms with Crippen LogP contribution in [0.3, 0.4) is 0 Å². The number of thiophene rings is 1. The first kappa shape index (κ1) is 13.8. The second-order valence-electron chi connectivity index (χ2n) is 4.74. The molecule has 0 bridgehead atoms. The fourth-order valence-corrected chi connectivity index (χ4v) is 3.29. The summed E-state index contributed by atoms with van der Waals surface area (Å²) >= 11 is 7.13. The zero-order valence-electron chi connectivity index (χ0n) is 10.6. The Labute approximate surface area is 117 Å². The molecule has 1 amide bonds. The highest BCUT2D eigenvalue weighted by Crippen LogP contribution is 2.21. The van der Waals surface area contributed by atoms with Crippen LogP contribution in [-0.4, -0.2) is 36.5 Å². The van der Waals surface area contributed by atoms with Gasteiger partial charge in [0.05, 0.1) is 9.21 Å². The molecule has 1 saturated heterocycles. The lowest BCUT2D eigenvalue weighted by atomic mass is 10.0. The molecule has 0 spiro atoms. The summed E-state index contributed by atoms with van der Waals surface area (Å²) in [7, 11) is 0. The van der Waals surface area contributed by atoms with Crippen molar-refractivity contribution in [3.63, 3.8) is 0 Å². The van der Waals surface area contributed by atoms with Crippen LogP contribution in [0.2, 0.25) is 4.34 Å². The van der Waals surface area contributed by atoms with Crippen LogP contribution >= 0.6 is 22.9 Å². The van der Waals surface area contributed by atoms with Gasteiger partial charge in [0, 0.05) is 19.1 Å². The fourth-order valence-electron chi connectivity index (χ4n) is 2.33. The molecule has 2 rings (SSSR count). The molecule has 1 fully saturated rings. The van der Waals surface area contributed by atoms with E-state index in [1.54, 1.807) is 12.1 Å². The van der Waals surface area contributed by atoms with Crippen molar-refractivity contribution < 1.29 is 4.79 Å². The Morgan fingerprint density at radius 2 is 2.39 bits per heavy atom. The minimum atomic E-state index is -0.0171. The molecule has 1 atom stereocenters. The molecular weight excluding hydrogens is 268 g/mol. The van der Waals surface area contributed by atoms with Crippen LogP contribution in [0.5, 0.6) is 0 Å². The van der Waals surface area contributed by atoms with Crippen molar-refractivity contribution in [3.05, 3.63) is 21.3 Å². The van der Waals surface area contributed by atoms with E-state index in [2.05, 4.69) is 17.1 Å². The molecule has 18 heavy (non-hydrogen) atoms. The molecule has 1 aromatic rings. The third kappa shape index (κ3) is 3.70. The van der Waals surface area contributed by atoms with Gasteiger partial charge >= 0.3 is 0 Å². The molecule has 0 unspecified atom stereocenters. The second-order valence-corrected chi connectivity index (χ2v) is 6.46. The number of carbonyl (C=O) groups excluding carboxylic acids is 1. The van der Waals surface area contributed by atoms with E-state index < -0.39 is 0 Å². The molecule has 1 aliphatic rings. The maximum Gasteiger partial charge on any atom is 0.261 e. The Morgan fingerprint density at radius 1 is 1.56 bits per heavy atom. The van der Waals surface area contributed by atoms with Crippen LogP contribution in [0.1, 0.15) is 35.9 Å². The smallest absolute Gasteiger partial charge is 0.261 e. The first-order valence-electron chi connectivity index (χ1n) is 6.44. The monoisotopic (exact) mass is 286 g/mol. The van der Waals surface area contributed by atoms with Crippen molar-refractivity contribution in [2.24, 2.45) is 0 Å². The van der Waals surface area contributed by atoms with Gasteiger partial charge in [-0.3, -0.25) is 9.69 Å². The highest BCUT2D eigenvalue weighted by atomic mass is 35.5. The normalized spacial score (nSPS) is 20.9. The lowest BCUT2D eigenvalue weighted by molar-refractivity contribution is 0.0942. The van der Waals surface area contributed by atoms with Crippen molar-refractivity contribution in [2.45, 2.75) is 32.2 Å². The Kier molecular flexibility index (Phi) is 5.03. The van der Waals surface area contributed by atoms with Crippen LogP contribution in [-0.2, 0) is 0 Å². The third-order valence-electron chi connectivity index (χ3n) is 3.42. The van der Waals surface area contributed by atoms with Gasteiger partial charge in [-0.05, 0) is 38.4 Å². The highest BCUT2D eigenvalue weighted by Gasteiger charge is 2.17. The van der Waals surface area contributed by atoms with Gasteiger partial charge < -0.3 is 5.32 Å². The van der Waals surface area contributed by atoms with Gasteiger partial charge in [-0.15, -0.1) is 11.3 Å². The topological polar surface area (TPSA) is 32.3 Å². The summed E-state index contributed by atoms with van der Waals surface area (Å²) in [6.07, 6.45) is 3.88. The predicted molar refractivity (Wildman–Crippen MR) is 76.5 cm³/mol. The molecule has 1 N–H and O–H groups in total. The van der Waals surface area contributed by atoms with Crippen LogP contribution in [0.4, 0.5) is 0 Å². The highest BCUT2D eigenvalue weighted by molar-refractivity contribution is 7.17. The van der Waals surface area contributed by atoms with E-state index in [1.165, 1.54) is 30.6 Å². The maximum absolute atomic E-state index is 11.8. The van der Waals surface area contributed by atoms with Gasteiger partial charge in [-0.25, -0.2) is 0 Å². The zero-order chi connectivity index (χ0) is 13.0. The zero-order valence-corrected chi connectivity index (χ0v) is 12.2. The van der Waals surface area contributed by atoms with Crippen LogP contribution in [0.15, 0.2) is 12.1 Å². The van der Waals surface area contributed by atoms with E-state index >= 15 is 0 Å². The number of carbonyl (C=O) groups is 1. The molecule has 0 aliphatic carbocycles. The second kappa shape index (κ2) is 6.55. The van der Waals surface area contributed by atoms with Crippen LogP contribution in [0.25, 0.3) is 0 Å². The molecule has 0 radical (unpaired) electrons. The van der Waals surface area contributed by atoms with Gasteiger partial charge in [0.25, 0.3) is 5.91 Å². The van der Waals surface area contributed by atoms with Gasteiger partial charge in [0.15, 0.2) is 0 Å². The first-order valence-corrected chi connectivity index (χ1v) is 7.64. The number of rotatable bonds is 4. The Hall–Kier alpha value is -0.580. The van der Waals surface area contributed by atoms with Gasteiger partial charge in [0.1, 0.15) is 0 Å². The largest absolute Gasteiger partial charge is 0.350 e. The minimum absolute atomic E-state index is 0.0171. The molecular formula is C13H19ClN2OS. The average molecular weight is 287 g/mol. The average Bonchev–Trinajstić information content (AvgIpc) is 2.78. The molecule has 0 saturated carbocycles. The lowest BCUT2D eigenvalue weighted by Gasteiger charge is -2.33. The summed E-state index contributed by atoms with van der Waals surface area (Å²) in [6.45, 7) is 5.06. The SMILES string of the molecule is C[C@@H]1CCCCN1CCNC(=O)c1ccc(Cl)s1. The van der Waals surface area contributed by atoms with Gasteiger partial charge in [0.2, 0.25) is 0 Å². The summed E-state index contributed by atoms with van der Waals surface area (Å²) in [5.74, 6) is -0.0171. The van der Waals surface area contributed by atoms with E-state index in [1.807, 2.05) is 0 Å². The number of halogens is 1. The van der Waals surface area contributed by atoms with Crippen LogP contribution < -0.4 is 5.32 Å². The van der Waals surface area contributed by atoms with Crippen molar-refractivity contribution in [2.75, 3.05) is 19.6 Å². The molecule has 100 valence electrons. The lowest BCUT2D eigenvalue weighted by Crippen LogP contribution is -2.42. The van der Waals surface area contributed by atoms with Gasteiger partial charge in [-0.1, -0.05) is 18.0 Å². The summed E-state index contributed by atoms with van der Waals surface area (Å²) in [5, 5.41) is 2.95. The summed E-state index contributed by atoms with van der Waals surface area (Å²) in [5.41, 5.74) is 0. The Morgan fingerprint density at radius 3 is 3.06 bits per heavy atom. The maximum atomic E-state index is 11.8. The van der Waals surface area contributed by atoms with E-state index in [-0.39, 0.29) is 5.91 Å². The minimum Gasteiger partial charge on any atom is -0.350 e. The first-order chi connectivity index (χ1) is 8.66. The number of likely N-dealkylation sites (tertiary alicyclic amines) is 1. The molecule has 5 heteroatoms. The summed E-state index contributed by atoms with van der Waals surface area (Å²) < 4.78 is 0.657. The number of nitrogens with one attached hydrogen (secondary N) is 1. The van der Waals surface area contributed by atoms with Gasteiger partial charge in [-0.2, -0.15) is 0 Å². The Bertz CT molecular complexity index is 407. The number of hydrogen-bond donors (Lipinski definition) is 1. The van der Waals surface area contributed by atoms with Crippen molar-refractivity contribution in [1.29, 1.82) is 0 Å². The number of nitrogens with zero attached hydrogens (tertiary/aromatic N) is 1. The fraction of sp³-hybridized carbons (Fsp3) is 0.615. The third-order valence-corrected chi connectivity index (χ3v) is 4.65. The van der Waals surface area contributed by atoms with E-state index in [4.69, 9.17) is 11.6 Å². The quantitative estimate of drug-likeness (QED) is 0.923. The number of hydrogen-bond acceptors (Lipinski definition) is 3. The number of amides is 1. The predicted octanol–water partition coefficient (Wildman–Crippen LogP) is 3.01. The van der Waals surface area contributed by atoms with E-state index in [9.17, 15) is 4.79 Å².